The van der Waals surface area contributed by atoms with E-state index in [2.05, 4.69) is 10.3 Å². The minimum atomic E-state index is -0.435. The maximum atomic E-state index is 12.6. The standard InChI is InChI=1S/C21H29N5O3/c1-21(2,13-28-4)25-18(27)12-26(3)20-15-7-6-8-16(15)23-19(24-20)17-11-14(29-5)9-10-22-17/h9-11H,6-8,12-13H2,1-5H3,(H,25,27). The minimum absolute atomic E-state index is 0.0824. The zero-order chi connectivity index (χ0) is 21.0. The predicted octanol–water partition coefficient (Wildman–Crippen LogP) is 2.01. The average Bonchev–Trinajstić information content (AvgIpc) is 3.15. The molecule has 0 spiro atoms. The first kappa shape index (κ1) is 21.0. The smallest absolute Gasteiger partial charge is 0.240 e. The van der Waals surface area contributed by atoms with E-state index in [9.17, 15) is 4.79 Å². The summed E-state index contributed by atoms with van der Waals surface area (Å²) in [6, 6.07) is 3.61. The van der Waals surface area contributed by atoms with Crippen LogP contribution in [0.1, 0.15) is 31.5 Å². The van der Waals surface area contributed by atoms with E-state index in [1.54, 1.807) is 26.5 Å². The molecule has 0 unspecified atom stereocenters. The number of ether oxygens (including phenoxy) is 2. The van der Waals surface area contributed by atoms with Crippen LogP contribution in [0.15, 0.2) is 18.3 Å². The van der Waals surface area contributed by atoms with Crippen molar-refractivity contribution in [3.05, 3.63) is 29.6 Å². The quantitative estimate of drug-likeness (QED) is 0.726. The largest absolute Gasteiger partial charge is 0.497 e. The molecule has 1 N–H and O–H groups in total. The first-order chi connectivity index (χ1) is 13.8. The SMILES string of the molecule is COCC(C)(C)NC(=O)CN(C)c1nc(-c2cc(OC)ccn2)nc2c1CCC2. The third kappa shape index (κ3) is 5.00. The van der Waals surface area contributed by atoms with Crippen molar-refractivity contribution in [2.45, 2.75) is 38.6 Å². The van der Waals surface area contributed by atoms with Gasteiger partial charge >= 0.3 is 0 Å². The summed E-state index contributed by atoms with van der Waals surface area (Å²) in [5.74, 6) is 1.95. The molecule has 2 heterocycles. The number of aryl methyl sites for hydroxylation is 1. The van der Waals surface area contributed by atoms with Crippen molar-refractivity contribution in [1.29, 1.82) is 0 Å². The summed E-state index contributed by atoms with van der Waals surface area (Å²) in [6.07, 6.45) is 4.53. The van der Waals surface area contributed by atoms with Gasteiger partial charge in [-0.2, -0.15) is 0 Å². The maximum absolute atomic E-state index is 12.6. The summed E-state index contributed by atoms with van der Waals surface area (Å²) in [4.78, 5) is 28.4. The Morgan fingerprint density at radius 3 is 2.79 bits per heavy atom. The van der Waals surface area contributed by atoms with E-state index in [4.69, 9.17) is 19.4 Å². The number of carbonyl (C=O) groups is 1. The third-order valence-electron chi connectivity index (χ3n) is 4.83. The zero-order valence-electron chi connectivity index (χ0n) is 17.8. The lowest BCUT2D eigenvalue weighted by atomic mass is 10.1. The molecule has 1 amide bonds. The molecule has 2 aromatic heterocycles. The number of rotatable bonds is 8. The van der Waals surface area contributed by atoms with E-state index in [1.807, 2.05) is 31.9 Å². The third-order valence-corrected chi connectivity index (χ3v) is 4.83. The van der Waals surface area contributed by atoms with E-state index in [0.717, 1.165) is 36.3 Å². The van der Waals surface area contributed by atoms with Crippen molar-refractivity contribution in [3.63, 3.8) is 0 Å². The maximum Gasteiger partial charge on any atom is 0.240 e. The van der Waals surface area contributed by atoms with Gasteiger partial charge in [0.15, 0.2) is 5.82 Å². The molecule has 156 valence electrons. The van der Waals surface area contributed by atoms with Gasteiger partial charge in [0.1, 0.15) is 17.3 Å². The Morgan fingerprint density at radius 2 is 2.07 bits per heavy atom. The summed E-state index contributed by atoms with van der Waals surface area (Å²) in [7, 11) is 5.12. The Hall–Kier alpha value is -2.74. The fraction of sp³-hybridized carbons (Fsp3) is 0.524. The number of nitrogens with one attached hydrogen (secondary N) is 1. The Labute approximate surface area is 171 Å². The van der Waals surface area contributed by atoms with E-state index in [1.165, 1.54) is 0 Å². The summed E-state index contributed by atoms with van der Waals surface area (Å²) in [5.41, 5.74) is 2.36. The highest BCUT2D eigenvalue weighted by Crippen LogP contribution is 2.31. The molecule has 1 aliphatic carbocycles. The van der Waals surface area contributed by atoms with E-state index in [-0.39, 0.29) is 12.5 Å². The molecule has 0 atom stereocenters. The summed E-state index contributed by atoms with van der Waals surface area (Å²) in [5, 5.41) is 3.01. The summed E-state index contributed by atoms with van der Waals surface area (Å²) in [6.45, 7) is 4.51. The number of nitrogens with zero attached hydrogens (tertiary/aromatic N) is 4. The number of hydrogen-bond donors (Lipinski definition) is 1. The Kier molecular flexibility index (Phi) is 6.32. The molecule has 8 heteroatoms. The topological polar surface area (TPSA) is 89.5 Å². The molecule has 0 saturated carbocycles. The fourth-order valence-electron chi connectivity index (χ4n) is 3.61. The fourth-order valence-corrected chi connectivity index (χ4v) is 3.61. The second kappa shape index (κ2) is 8.73. The Morgan fingerprint density at radius 1 is 1.28 bits per heavy atom. The van der Waals surface area contributed by atoms with Crippen LogP contribution in [0.2, 0.25) is 0 Å². The van der Waals surface area contributed by atoms with Gasteiger partial charge in [-0.3, -0.25) is 9.78 Å². The van der Waals surface area contributed by atoms with Crippen LogP contribution in [0.25, 0.3) is 11.5 Å². The lowest BCUT2D eigenvalue weighted by molar-refractivity contribution is -0.121. The van der Waals surface area contributed by atoms with E-state index < -0.39 is 5.54 Å². The molecule has 8 nitrogen and oxygen atoms in total. The molecular weight excluding hydrogens is 370 g/mol. The number of pyridine rings is 1. The van der Waals surface area contributed by atoms with Gasteiger partial charge in [0, 0.05) is 37.7 Å². The molecule has 0 bridgehead atoms. The minimum Gasteiger partial charge on any atom is -0.497 e. The van der Waals surface area contributed by atoms with Crippen LogP contribution < -0.4 is 15.0 Å². The highest BCUT2D eigenvalue weighted by molar-refractivity contribution is 5.82. The normalized spacial score (nSPS) is 13.1. The lowest BCUT2D eigenvalue weighted by Gasteiger charge is -2.27. The Balaban J connectivity index is 1.86. The molecule has 0 radical (unpaired) electrons. The van der Waals surface area contributed by atoms with Gasteiger partial charge in [0.05, 0.1) is 25.8 Å². The summed E-state index contributed by atoms with van der Waals surface area (Å²) < 4.78 is 10.5. The van der Waals surface area contributed by atoms with E-state index >= 15 is 0 Å². The molecule has 0 fully saturated rings. The van der Waals surface area contributed by atoms with Crippen LogP contribution >= 0.6 is 0 Å². The number of aromatic nitrogens is 3. The zero-order valence-corrected chi connectivity index (χ0v) is 17.8. The van der Waals surface area contributed by atoms with Crippen molar-refractivity contribution in [1.82, 2.24) is 20.3 Å². The van der Waals surface area contributed by atoms with Crippen LogP contribution in [0.5, 0.6) is 5.75 Å². The lowest BCUT2D eigenvalue weighted by Crippen LogP contribution is -2.50. The van der Waals surface area contributed by atoms with Gasteiger partial charge in [-0.15, -0.1) is 0 Å². The monoisotopic (exact) mass is 399 g/mol. The number of carbonyl (C=O) groups excluding carboxylic acids is 1. The number of hydrogen-bond acceptors (Lipinski definition) is 7. The van der Waals surface area contributed by atoms with Crippen LogP contribution in [0.4, 0.5) is 5.82 Å². The van der Waals surface area contributed by atoms with Crippen LogP contribution in [-0.4, -0.2) is 60.8 Å². The molecule has 29 heavy (non-hydrogen) atoms. The second-order valence-corrected chi connectivity index (χ2v) is 7.95. The van der Waals surface area contributed by atoms with Crippen molar-refractivity contribution < 1.29 is 14.3 Å². The first-order valence-electron chi connectivity index (χ1n) is 9.74. The number of anilines is 1. The highest BCUT2D eigenvalue weighted by Gasteiger charge is 2.25. The number of methoxy groups -OCH3 is 2. The number of fused-ring (bicyclic) bond motifs is 1. The van der Waals surface area contributed by atoms with Gasteiger partial charge < -0.3 is 19.7 Å². The van der Waals surface area contributed by atoms with Crippen molar-refractivity contribution in [3.8, 4) is 17.3 Å². The number of likely N-dealkylation sites (N-methyl/N-ethyl adjacent to an activating group) is 1. The van der Waals surface area contributed by atoms with Crippen LogP contribution in [0.3, 0.4) is 0 Å². The van der Waals surface area contributed by atoms with E-state index in [0.29, 0.717) is 23.9 Å². The van der Waals surface area contributed by atoms with Gasteiger partial charge in [-0.05, 0) is 39.2 Å². The van der Waals surface area contributed by atoms with Gasteiger partial charge in [0.25, 0.3) is 0 Å². The van der Waals surface area contributed by atoms with Crippen LogP contribution in [0, 0.1) is 0 Å². The first-order valence-corrected chi connectivity index (χ1v) is 9.74. The Bertz CT molecular complexity index is 885. The molecule has 0 aromatic carbocycles. The van der Waals surface area contributed by atoms with Crippen LogP contribution in [-0.2, 0) is 22.4 Å². The molecule has 2 aromatic rings. The predicted molar refractivity (Wildman–Crippen MR) is 111 cm³/mol. The van der Waals surface area contributed by atoms with Crippen molar-refractivity contribution in [2.24, 2.45) is 0 Å². The molecule has 0 aliphatic heterocycles. The second-order valence-electron chi connectivity index (χ2n) is 7.95. The van der Waals surface area contributed by atoms with Crippen molar-refractivity contribution in [2.75, 3.05) is 39.3 Å². The molecule has 3 rings (SSSR count). The van der Waals surface area contributed by atoms with Crippen molar-refractivity contribution >= 4 is 11.7 Å². The van der Waals surface area contributed by atoms with Gasteiger partial charge in [-0.25, -0.2) is 9.97 Å². The molecule has 1 aliphatic rings. The molecular formula is C21H29N5O3. The number of amides is 1. The highest BCUT2D eigenvalue weighted by atomic mass is 16.5. The average molecular weight is 399 g/mol. The molecule has 0 saturated heterocycles. The van der Waals surface area contributed by atoms with Gasteiger partial charge in [-0.1, -0.05) is 0 Å². The summed E-state index contributed by atoms with van der Waals surface area (Å²) >= 11 is 0. The van der Waals surface area contributed by atoms with Gasteiger partial charge in [0.2, 0.25) is 5.91 Å².